The Labute approximate surface area is 171 Å². The summed E-state index contributed by atoms with van der Waals surface area (Å²) in [6.45, 7) is 4.00. The molecule has 0 radical (unpaired) electrons. The molecule has 0 aromatic carbocycles. The lowest BCUT2D eigenvalue weighted by molar-refractivity contribution is -0.123. The first-order chi connectivity index (χ1) is 13.9. The Bertz CT molecular complexity index is 990. The van der Waals surface area contributed by atoms with Gasteiger partial charge >= 0.3 is 12.0 Å². The number of carbonyl (C=O) groups excluding carboxylic acids is 3. The molecule has 0 saturated heterocycles. The van der Waals surface area contributed by atoms with Crippen LogP contribution in [0.2, 0.25) is 0 Å². The molecule has 3 amide bonds. The van der Waals surface area contributed by atoms with Crippen LogP contribution in [0.4, 0.5) is 4.79 Å². The van der Waals surface area contributed by atoms with E-state index in [9.17, 15) is 14.4 Å². The van der Waals surface area contributed by atoms with Crippen molar-refractivity contribution >= 4 is 29.2 Å². The van der Waals surface area contributed by atoms with Crippen molar-refractivity contribution in [2.75, 3.05) is 6.61 Å². The van der Waals surface area contributed by atoms with Gasteiger partial charge in [0, 0.05) is 16.3 Å². The van der Waals surface area contributed by atoms with Crippen molar-refractivity contribution in [1.82, 2.24) is 15.2 Å². The van der Waals surface area contributed by atoms with Gasteiger partial charge in [0.15, 0.2) is 6.61 Å². The molecule has 0 aliphatic rings. The normalized spacial score (nSPS) is 10.6. The van der Waals surface area contributed by atoms with E-state index in [1.165, 1.54) is 11.1 Å². The summed E-state index contributed by atoms with van der Waals surface area (Å²) < 4.78 is 12.2. The molecule has 3 heterocycles. The van der Waals surface area contributed by atoms with Crippen LogP contribution < -0.4 is 10.6 Å². The van der Waals surface area contributed by atoms with Crippen molar-refractivity contribution in [3.63, 3.8) is 0 Å². The van der Waals surface area contributed by atoms with E-state index in [2.05, 4.69) is 10.6 Å². The van der Waals surface area contributed by atoms with Crippen LogP contribution in [0, 0.1) is 13.8 Å². The average molecular weight is 415 g/mol. The van der Waals surface area contributed by atoms with Crippen molar-refractivity contribution in [2.45, 2.75) is 26.9 Å². The SMILES string of the molecule is Cc1cc(C(=O)OCC(=O)NC(=O)NCc2ccco2)c(C)n1Cc1cccs1. The highest BCUT2D eigenvalue weighted by molar-refractivity contribution is 7.09. The van der Waals surface area contributed by atoms with Crippen LogP contribution in [0.25, 0.3) is 0 Å². The Morgan fingerprint density at radius 3 is 2.72 bits per heavy atom. The predicted octanol–water partition coefficient (Wildman–Crippen LogP) is 2.99. The molecular weight excluding hydrogens is 394 g/mol. The van der Waals surface area contributed by atoms with Crippen LogP contribution in [0.1, 0.15) is 32.4 Å². The van der Waals surface area contributed by atoms with Gasteiger partial charge in [-0.3, -0.25) is 10.1 Å². The average Bonchev–Trinajstić information content (AvgIpc) is 3.44. The molecule has 0 atom stereocenters. The summed E-state index contributed by atoms with van der Waals surface area (Å²) in [4.78, 5) is 37.1. The molecule has 0 aliphatic carbocycles. The second-order valence-corrected chi connectivity index (χ2v) is 7.37. The second kappa shape index (κ2) is 9.24. The topological polar surface area (TPSA) is 103 Å². The van der Waals surface area contributed by atoms with Crippen molar-refractivity contribution in [2.24, 2.45) is 0 Å². The van der Waals surface area contributed by atoms with E-state index >= 15 is 0 Å². The zero-order valence-corrected chi connectivity index (χ0v) is 16.9. The number of hydrogen-bond donors (Lipinski definition) is 2. The Hall–Kier alpha value is -3.33. The molecule has 0 saturated carbocycles. The summed E-state index contributed by atoms with van der Waals surface area (Å²) >= 11 is 1.64. The molecule has 8 nitrogen and oxygen atoms in total. The van der Waals surface area contributed by atoms with E-state index in [0.29, 0.717) is 17.9 Å². The Morgan fingerprint density at radius 2 is 2.03 bits per heavy atom. The summed E-state index contributed by atoms with van der Waals surface area (Å²) in [5, 5.41) is 6.57. The number of esters is 1. The molecule has 0 unspecified atom stereocenters. The third-order valence-corrected chi connectivity index (χ3v) is 5.14. The highest BCUT2D eigenvalue weighted by Crippen LogP contribution is 2.20. The number of aryl methyl sites for hydroxylation is 1. The van der Waals surface area contributed by atoms with E-state index in [0.717, 1.165) is 11.4 Å². The van der Waals surface area contributed by atoms with Gasteiger partial charge in [0.05, 0.1) is 24.9 Å². The van der Waals surface area contributed by atoms with E-state index in [1.807, 2.05) is 35.9 Å². The summed E-state index contributed by atoms with van der Waals surface area (Å²) in [6.07, 6.45) is 1.48. The summed E-state index contributed by atoms with van der Waals surface area (Å²) in [7, 11) is 0. The second-order valence-electron chi connectivity index (χ2n) is 6.34. The Kier molecular flexibility index (Phi) is 6.50. The largest absolute Gasteiger partial charge is 0.467 e. The Balaban J connectivity index is 1.49. The molecule has 3 aromatic heterocycles. The van der Waals surface area contributed by atoms with Gasteiger partial charge in [-0.2, -0.15) is 0 Å². The summed E-state index contributed by atoms with van der Waals surface area (Å²) in [5.41, 5.74) is 2.08. The molecule has 0 bridgehead atoms. The fraction of sp³-hybridized carbons (Fsp3) is 0.250. The zero-order chi connectivity index (χ0) is 20.8. The maximum atomic E-state index is 12.4. The van der Waals surface area contributed by atoms with Gasteiger partial charge in [-0.25, -0.2) is 9.59 Å². The van der Waals surface area contributed by atoms with Crippen LogP contribution in [0.5, 0.6) is 0 Å². The molecular formula is C20H21N3O5S. The van der Waals surface area contributed by atoms with Crippen LogP contribution in [0.3, 0.4) is 0 Å². The van der Waals surface area contributed by atoms with E-state index < -0.39 is 24.5 Å². The quantitative estimate of drug-likeness (QED) is 0.578. The van der Waals surface area contributed by atoms with E-state index in [-0.39, 0.29) is 6.54 Å². The van der Waals surface area contributed by atoms with E-state index in [1.54, 1.807) is 29.5 Å². The highest BCUT2D eigenvalue weighted by Gasteiger charge is 2.19. The van der Waals surface area contributed by atoms with Crippen molar-refractivity contribution in [1.29, 1.82) is 0 Å². The monoisotopic (exact) mass is 415 g/mol. The fourth-order valence-electron chi connectivity index (χ4n) is 2.81. The number of hydrogen-bond acceptors (Lipinski definition) is 6. The number of thiophene rings is 1. The van der Waals surface area contributed by atoms with Gasteiger partial charge in [-0.1, -0.05) is 6.07 Å². The zero-order valence-electron chi connectivity index (χ0n) is 16.1. The number of nitrogens with one attached hydrogen (secondary N) is 2. The van der Waals surface area contributed by atoms with Crippen molar-refractivity contribution in [3.8, 4) is 0 Å². The molecule has 0 aliphatic heterocycles. The van der Waals surface area contributed by atoms with Crippen LogP contribution in [-0.2, 0) is 22.6 Å². The van der Waals surface area contributed by atoms with Gasteiger partial charge in [0.2, 0.25) is 0 Å². The molecule has 9 heteroatoms. The number of urea groups is 1. The van der Waals surface area contributed by atoms with Gasteiger partial charge in [0.1, 0.15) is 5.76 Å². The number of furan rings is 1. The summed E-state index contributed by atoms with van der Waals surface area (Å²) in [5.74, 6) is -0.777. The minimum Gasteiger partial charge on any atom is -0.467 e. The van der Waals surface area contributed by atoms with Gasteiger partial charge in [-0.05, 0) is 43.5 Å². The first-order valence-electron chi connectivity index (χ1n) is 8.90. The number of aromatic nitrogens is 1. The molecule has 152 valence electrons. The number of carbonyl (C=O) groups is 3. The fourth-order valence-corrected chi connectivity index (χ4v) is 3.50. The molecule has 2 N–H and O–H groups in total. The lowest BCUT2D eigenvalue weighted by Crippen LogP contribution is -2.41. The van der Waals surface area contributed by atoms with Crippen LogP contribution >= 0.6 is 11.3 Å². The first-order valence-corrected chi connectivity index (χ1v) is 9.78. The minimum absolute atomic E-state index is 0.141. The van der Waals surface area contributed by atoms with Gasteiger partial charge in [0.25, 0.3) is 5.91 Å². The third-order valence-electron chi connectivity index (χ3n) is 4.28. The first kappa shape index (κ1) is 20.4. The van der Waals surface area contributed by atoms with E-state index in [4.69, 9.17) is 9.15 Å². The lowest BCUT2D eigenvalue weighted by atomic mass is 10.2. The number of amides is 3. The molecule has 3 aromatic rings. The smallest absolute Gasteiger partial charge is 0.340 e. The lowest BCUT2D eigenvalue weighted by Gasteiger charge is -2.09. The number of nitrogens with zero attached hydrogens (tertiary/aromatic N) is 1. The van der Waals surface area contributed by atoms with Crippen molar-refractivity contribution < 1.29 is 23.5 Å². The van der Waals surface area contributed by atoms with Crippen LogP contribution in [-0.4, -0.2) is 29.1 Å². The molecule has 0 spiro atoms. The standard InChI is InChI=1S/C20H21N3O5S/c1-13-9-17(14(2)23(13)11-16-6-4-8-29-16)19(25)28-12-18(24)22-20(26)21-10-15-5-3-7-27-15/h3-9H,10-12H2,1-2H3,(H2,21,22,24,26). The highest BCUT2D eigenvalue weighted by atomic mass is 32.1. The van der Waals surface area contributed by atoms with Crippen LogP contribution in [0.15, 0.2) is 46.4 Å². The van der Waals surface area contributed by atoms with Crippen molar-refractivity contribution in [3.05, 3.63) is 69.6 Å². The molecule has 29 heavy (non-hydrogen) atoms. The molecule has 0 fully saturated rings. The van der Waals surface area contributed by atoms with Gasteiger partial charge < -0.3 is 19.0 Å². The molecule has 3 rings (SSSR count). The minimum atomic E-state index is -0.720. The number of rotatable bonds is 7. The maximum Gasteiger partial charge on any atom is 0.340 e. The predicted molar refractivity (Wildman–Crippen MR) is 107 cm³/mol. The Morgan fingerprint density at radius 1 is 1.21 bits per heavy atom. The summed E-state index contributed by atoms with van der Waals surface area (Å²) in [6, 6.07) is 8.43. The number of imide groups is 1. The maximum absolute atomic E-state index is 12.4. The van der Waals surface area contributed by atoms with Gasteiger partial charge in [-0.15, -0.1) is 11.3 Å². The third kappa shape index (κ3) is 5.35. The number of ether oxygens (including phenoxy) is 1.